The maximum Gasteiger partial charge on any atom is 0.321 e. The number of carbonyl (C=O) groups is 1. The fourth-order valence-electron chi connectivity index (χ4n) is 1.27. The third-order valence-corrected chi connectivity index (χ3v) is 2.14. The molecule has 1 fully saturated rings. The maximum absolute atomic E-state index is 10.7. The molecule has 0 bridgehead atoms. The lowest BCUT2D eigenvalue weighted by Gasteiger charge is -2.28. The summed E-state index contributed by atoms with van der Waals surface area (Å²) in [7, 11) is 0. The summed E-state index contributed by atoms with van der Waals surface area (Å²) in [5.41, 5.74) is -0.898. The highest BCUT2D eigenvalue weighted by molar-refractivity contribution is 5.78. The van der Waals surface area contributed by atoms with Gasteiger partial charge in [-0.3, -0.25) is 4.79 Å². The van der Waals surface area contributed by atoms with Crippen LogP contribution in [0.2, 0.25) is 0 Å². The van der Waals surface area contributed by atoms with E-state index in [0.29, 0.717) is 25.9 Å². The zero-order valence-corrected chi connectivity index (χ0v) is 6.26. The highest BCUT2D eigenvalue weighted by Crippen LogP contribution is 2.27. The molecular formula is C8H11NO2. The molecule has 0 radical (unpaired) electrons. The van der Waals surface area contributed by atoms with Crippen molar-refractivity contribution >= 4 is 5.97 Å². The maximum atomic E-state index is 10.7. The number of hydrogen-bond acceptors (Lipinski definition) is 2. The molecule has 1 rings (SSSR count). The molecule has 0 amide bonds. The van der Waals surface area contributed by atoms with Gasteiger partial charge in [-0.05, 0) is 25.9 Å². The lowest BCUT2D eigenvalue weighted by molar-refractivity contribution is -0.146. The minimum Gasteiger partial charge on any atom is -0.480 e. The Balaban J connectivity index is 2.75. The molecule has 1 aliphatic heterocycles. The van der Waals surface area contributed by atoms with Gasteiger partial charge in [-0.1, -0.05) is 5.92 Å². The minimum absolute atomic E-state index is 0.541. The SMILES string of the molecule is C#CC1(C(=O)O)CCNCC1. The van der Waals surface area contributed by atoms with Crippen LogP contribution in [-0.4, -0.2) is 24.2 Å². The van der Waals surface area contributed by atoms with Crippen LogP contribution in [0.1, 0.15) is 12.8 Å². The molecule has 2 N–H and O–H groups in total. The van der Waals surface area contributed by atoms with Crippen LogP contribution >= 0.6 is 0 Å². The summed E-state index contributed by atoms with van der Waals surface area (Å²) in [6, 6.07) is 0. The van der Waals surface area contributed by atoms with Gasteiger partial charge in [0.15, 0.2) is 0 Å². The highest BCUT2D eigenvalue weighted by atomic mass is 16.4. The van der Waals surface area contributed by atoms with E-state index < -0.39 is 11.4 Å². The van der Waals surface area contributed by atoms with E-state index >= 15 is 0 Å². The molecule has 1 heterocycles. The Bertz CT molecular complexity index is 199. The third kappa shape index (κ3) is 1.36. The summed E-state index contributed by atoms with van der Waals surface area (Å²) in [6.45, 7) is 1.41. The van der Waals surface area contributed by atoms with Crippen molar-refractivity contribution in [3.05, 3.63) is 0 Å². The average molecular weight is 153 g/mol. The fourth-order valence-corrected chi connectivity index (χ4v) is 1.27. The molecule has 0 aromatic carbocycles. The summed E-state index contributed by atoms with van der Waals surface area (Å²) in [5.74, 6) is 1.52. The Labute approximate surface area is 65.8 Å². The van der Waals surface area contributed by atoms with E-state index in [2.05, 4.69) is 11.2 Å². The van der Waals surface area contributed by atoms with Gasteiger partial charge < -0.3 is 10.4 Å². The molecule has 3 heteroatoms. The molecule has 3 nitrogen and oxygen atoms in total. The van der Waals surface area contributed by atoms with Crippen molar-refractivity contribution in [1.29, 1.82) is 0 Å². The predicted molar refractivity (Wildman–Crippen MR) is 41.0 cm³/mol. The standard InChI is InChI=1S/C8H11NO2/c1-2-8(7(10)11)3-5-9-6-4-8/h1,9H,3-6H2,(H,10,11). The summed E-state index contributed by atoms with van der Waals surface area (Å²) in [5, 5.41) is 11.9. The number of rotatable bonds is 1. The van der Waals surface area contributed by atoms with Crippen LogP contribution in [-0.2, 0) is 4.79 Å². The molecule has 0 aliphatic carbocycles. The van der Waals surface area contributed by atoms with Crippen LogP contribution in [0.5, 0.6) is 0 Å². The van der Waals surface area contributed by atoms with E-state index in [9.17, 15) is 4.79 Å². The van der Waals surface area contributed by atoms with Crippen LogP contribution in [0.25, 0.3) is 0 Å². The first-order valence-electron chi connectivity index (χ1n) is 3.63. The number of carboxylic acid groups (broad SMARTS) is 1. The van der Waals surface area contributed by atoms with E-state index in [4.69, 9.17) is 11.5 Å². The van der Waals surface area contributed by atoms with Crippen LogP contribution in [0, 0.1) is 17.8 Å². The first kappa shape index (κ1) is 8.09. The molecule has 1 saturated heterocycles. The number of carboxylic acids is 1. The van der Waals surface area contributed by atoms with Gasteiger partial charge in [0.1, 0.15) is 5.41 Å². The predicted octanol–water partition coefficient (Wildman–Crippen LogP) is 0.0740. The van der Waals surface area contributed by atoms with Gasteiger partial charge >= 0.3 is 5.97 Å². The molecular weight excluding hydrogens is 142 g/mol. The molecule has 0 spiro atoms. The van der Waals surface area contributed by atoms with E-state index in [1.807, 2.05) is 0 Å². The van der Waals surface area contributed by atoms with E-state index in [-0.39, 0.29) is 0 Å². The zero-order chi connectivity index (χ0) is 8.32. The van der Waals surface area contributed by atoms with Gasteiger partial charge in [0.25, 0.3) is 0 Å². The Morgan fingerprint density at radius 2 is 2.09 bits per heavy atom. The van der Waals surface area contributed by atoms with Crippen molar-refractivity contribution in [2.45, 2.75) is 12.8 Å². The second-order valence-electron chi connectivity index (χ2n) is 2.78. The lowest BCUT2D eigenvalue weighted by Crippen LogP contribution is -2.41. The van der Waals surface area contributed by atoms with Crippen molar-refractivity contribution in [2.75, 3.05) is 13.1 Å². The monoisotopic (exact) mass is 153 g/mol. The van der Waals surface area contributed by atoms with E-state index in [1.165, 1.54) is 0 Å². The van der Waals surface area contributed by atoms with Crippen LogP contribution in [0.4, 0.5) is 0 Å². The third-order valence-electron chi connectivity index (χ3n) is 2.14. The first-order chi connectivity index (χ1) is 5.21. The Morgan fingerprint density at radius 1 is 1.55 bits per heavy atom. The number of terminal acetylenes is 1. The van der Waals surface area contributed by atoms with E-state index in [1.54, 1.807) is 0 Å². The molecule has 0 atom stereocenters. The van der Waals surface area contributed by atoms with Crippen molar-refractivity contribution < 1.29 is 9.90 Å². The first-order valence-corrected chi connectivity index (χ1v) is 3.63. The van der Waals surface area contributed by atoms with Crippen molar-refractivity contribution in [2.24, 2.45) is 5.41 Å². The Hall–Kier alpha value is -1.01. The van der Waals surface area contributed by atoms with E-state index in [0.717, 1.165) is 0 Å². The number of nitrogens with one attached hydrogen (secondary N) is 1. The summed E-state index contributed by atoms with van der Waals surface area (Å²) in [4.78, 5) is 10.7. The van der Waals surface area contributed by atoms with Crippen molar-refractivity contribution in [3.8, 4) is 12.3 Å². The lowest BCUT2D eigenvalue weighted by atomic mass is 9.80. The summed E-state index contributed by atoms with van der Waals surface area (Å²) >= 11 is 0. The van der Waals surface area contributed by atoms with Gasteiger partial charge in [-0.2, -0.15) is 0 Å². The molecule has 60 valence electrons. The summed E-state index contributed by atoms with van der Waals surface area (Å²) in [6.07, 6.45) is 6.26. The van der Waals surface area contributed by atoms with Gasteiger partial charge in [-0.15, -0.1) is 6.42 Å². The molecule has 0 aromatic rings. The normalized spacial score (nSPS) is 22.1. The highest BCUT2D eigenvalue weighted by Gasteiger charge is 2.37. The average Bonchev–Trinajstić information content (AvgIpc) is 2.05. The Morgan fingerprint density at radius 3 is 2.36 bits per heavy atom. The van der Waals surface area contributed by atoms with Crippen molar-refractivity contribution in [1.82, 2.24) is 5.32 Å². The molecule has 0 aromatic heterocycles. The number of piperidine rings is 1. The minimum atomic E-state index is -0.898. The topological polar surface area (TPSA) is 49.3 Å². The quantitative estimate of drug-likeness (QED) is 0.524. The van der Waals surface area contributed by atoms with Crippen molar-refractivity contribution in [3.63, 3.8) is 0 Å². The molecule has 0 unspecified atom stereocenters. The number of aliphatic carboxylic acids is 1. The van der Waals surface area contributed by atoms with Crippen LogP contribution < -0.4 is 5.32 Å². The molecule has 0 saturated carbocycles. The molecule has 1 aliphatic rings. The zero-order valence-electron chi connectivity index (χ0n) is 6.26. The smallest absolute Gasteiger partial charge is 0.321 e. The van der Waals surface area contributed by atoms with Crippen LogP contribution in [0.3, 0.4) is 0 Å². The number of hydrogen-bond donors (Lipinski definition) is 2. The molecule has 11 heavy (non-hydrogen) atoms. The van der Waals surface area contributed by atoms with Gasteiger partial charge in [0.05, 0.1) is 0 Å². The Kier molecular flexibility index (Phi) is 2.16. The van der Waals surface area contributed by atoms with Gasteiger partial charge in [-0.25, -0.2) is 0 Å². The second-order valence-corrected chi connectivity index (χ2v) is 2.78. The fraction of sp³-hybridized carbons (Fsp3) is 0.625. The van der Waals surface area contributed by atoms with Crippen LogP contribution in [0.15, 0.2) is 0 Å². The largest absolute Gasteiger partial charge is 0.480 e. The summed E-state index contributed by atoms with van der Waals surface area (Å²) < 4.78 is 0. The second kappa shape index (κ2) is 2.93. The van der Waals surface area contributed by atoms with Gasteiger partial charge in [0.2, 0.25) is 0 Å². The van der Waals surface area contributed by atoms with Gasteiger partial charge in [0, 0.05) is 0 Å².